The Kier molecular flexibility index (Phi) is 5.18. The quantitative estimate of drug-likeness (QED) is 0.863. The second kappa shape index (κ2) is 6.44. The first kappa shape index (κ1) is 16.1. The normalized spacial score (nSPS) is 11.2. The Balaban J connectivity index is 3.08. The van der Waals surface area contributed by atoms with Crippen LogP contribution < -0.4 is 0 Å². The number of carboxylic acid groups (broad SMARTS) is 1. The molecule has 8 heteroatoms. The van der Waals surface area contributed by atoms with Crippen LogP contribution in [0.1, 0.15) is 36.3 Å². The average Bonchev–Trinajstić information content (AvgIpc) is 2.69. The Morgan fingerprint density at radius 3 is 2.50 bits per heavy atom. The van der Waals surface area contributed by atoms with E-state index >= 15 is 0 Å². The summed E-state index contributed by atoms with van der Waals surface area (Å²) in [7, 11) is 1.24. The molecule has 20 heavy (non-hydrogen) atoms. The van der Waals surface area contributed by atoms with Crippen LogP contribution in [0.25, 0.3) is 0 Å². The fraction of sp³-hybridized carbons (Fsp3) is 0.583. The predicted molar refractivity (Wildman–Crippen MR) is 66.6 cm³/mol. The lowest BCUT2D eigenvalue weighted by Gasteiger charge is -2.15. The Labute approximate surface area is 115 Å². The van der Waals surface area contributed by atoms with Crippen molar-refractivity contribution in [2.45, 2.75) is 26.8 Å². The van der Waals surface area contributed by atoms with E-state index in [0.29, 0.717) is 0 Å². The Hall–Kier alpha value is -1.99. The third kappa shape index (κ3) is 3.75. The largest absolute Gasteiger partial charge is 0.480 e. The Bertz CT molecular complexity index is 500. The van der Waals surface area contributed by atoms with E-state index < -0.39 is 30.5 Å². The van der Waals surface area contributed by atoms with Gasteiger partial charge in [-0.15, -0.1) is 0 Å². The summed E-state index contributed by atoms with van der Waals surface area (Å²) in [4.78, 5) is 23.4. The second-order valence-electron chi connectivity index (χ2n) is 4.88. The molecule has 0 aliphatic rings. The Morgan fingerprint density at radius 2 is 2.05 bits per heavy atom. The van der Waals surface area contributed by atoms with E-state index in [1.165, 1.54) is 7.05 Å². The molecule has 1 aromatic rings. The van der Waals surface area contributed by atoms with Crippen LogP contribution >= 0.6 is 0 Å². The number of carboxylic acids is 1. The van der Waals surface area contributed by atoms with Gasteiger partial charge in [0, 0.05) is 13.6 Å². The van der Waals surface area contributed by atoms with Crippen molar-refractivity contribution in [1.82, 2.24) is 14.7 Å². The molecule has 1 rings (SSSR count). The van der Waals surface area contributed by atoms with Gasteiger partial charge in [-0.1, -0.05) is 13.8 Å². The van der Waals surface area contributed by atoms with Crippen molar-refractivity contribution in [3.8, 4) is 0 Å². The number of aromatic nitrogens is 2. The molecule has 0 saturated carbocycles. The highest BCUT2D eigenvalue weighted by Gasteiger charge is 2.27. The molecule has 0 aliphatic heterocycles. The van der Waals surface area contributed by atoms with Gasteiger partial charge >= 0.3 is 5.97 Å². The molecular formula is C12H17F2N3O3. The minimum atomic E-state index is -2.85. The van der Waals surface area contributed by atoms with Gasteiger partial charge in [-0.3, -0.25) is 14.3 Å². The van der Waals surface area contributed by atoms with Gasteiger partial charge in [0.1, 0.15) is 12.2 Å². The highest BCUT2D eigenvalue weighted by atomic mass is 19.3. The predicted octanol–water partition coefficient (Wildman–Crippen LogP) is 1.63. The highest BCUT2D eigenvalue weighted by Crippen LogP contribution is 2.24. The maximum atomic E-state index is 13.1. The minimum Gasteiger partial charge on any atom is -0.480 e. The van der Waals surface area contributed by atoms with Crippen molar-refractivity contribution >= 4 is 11.9 Å². The number of rotatable bonds is 6. The number of carbonyl (C=O) groups excluding carboxylic acids is 1. The molecule has 112 valence electrons. The number of carbonyl (C=O) groups is 2. The average molecular weight is 289 g/mol. The number of likely N-dealkylation sites (N-methyl/N-ethyl adjacent to an activating group) is 1. The van der Waals surface area contributed by atoms with E-state index in [9.17, 15) is 18.4 Å². The fourth-order valence-electron chi connectivity index (χ4n) is 1.76. The number of hydrogen-bond acceptors (Lipinski definition) is 3. The highest BCUT2D eigenvalue weighted by molar-refractivity contribution is 5.96. The molecule has 0 bridgehead atoms. The summed E-state index contributed by atoms with van der Waals surface area (Å²) < 4.78 is 27.3. The van der Waals surface area contributed by atoms with Gasteiger partial charge in [-0.05, 0) is 5.92 Å². The molecule has 1 amide bonds. The standard InChI is InChI=1S/C12H17F2N3O3/c1-7(2)5-17-10(11(13)14)8(4-15-17)12(20)16(3)6-9(18)19/h4,7,11H,5-6H2,1-3H3,(H,18,19). The lowest BCUT2D eigenvalue weighted by Crippen LogP contribution is -2.32. The topological polar surface area (TPSA) is 75.4 Å². The lowest BCUT2D eigenvalue weighted by atomic mass is 10.2. The number of halogens is 2. The molecule has 0 spiro atoms. The molecule has 0 radical (unpaired) electrons. The summed E-state index contributed by atoms with van der Waals surface area (Å²) in [6.07, 6.45) is -1.79. The lowest BCUT2D eigenvalue weighted by molar-refractivity contribution is -0.137. The van der Waals surface area contributed by atoms with Gasteiger partial charge in [0.25, 0.3) is 12.3 Å². The summed E-state index contributed by atoms with van der Waals surface area (Å²) in [6, 6.07) is 0. The van der Waals surface area contributed by atoms with E-state index in [-0.39, 0.29) is 18.0 Å². The first-order valence-electron chi connectivity index (χ1n) is 6.05. The van der Waals surface area contributed by atoms with Crippen LogP contribution in [0.2, 0.25) is 0 Å². The summed E-state index contributed by atoms with van der Waals surface area (Å²) in [6.45, 7) is 3.39. The van der Waals surface area contributed by atoms with Gasteiger partial charge in [0.2, 0.25) is 0 Å². The van der Waals surface area contributed by atoms with Crippen LogP contribution in [-0.2, 0) is 11.3 Å². The van der Waals surface area contributed by atoms with Gasteiger partial charge < -0.3 is 10.0 Å². The zero-order valence-electron chi connectivity index (χ0n) is 11.5. The number of aliphatic carboxylic acids is 1. The van der Waals surface area contributed by atoms with Gasteiger partial charge in [-0.2, -0.15) is 5.10 Å². The summed E-state index contributed by atoms with van der Waals surface area (Å²) in [5.41, 5.74) is -0.731. The molecule has 0 fully saturated rings. The van der Waals surface area contributed by atoms with E-state index in [0.717, 1.165) is 15.8 Å². The van der Waals surface area contributed by atoms with Crippen LogP contribution in [0.5, 0.6) is 0 Å². The zero-order chi connectivity index (χ0) is 15.4. The van der Waals surface area contributed by atoms with Crippen molar-refractivity contribution < 1.29 is 23.5 Å². The molecular weight excluding hydrogens is 272 g/mol. The van der Waals surface area contributed by atoms with E-state index in [2.05, 4.69) is 5.10 Å². The van der Waals surface area contributed by atoms with Crippen LogP contribution in [0.3, 0.4) is 0 Å². The van der Waals surface area contributed by atoms with E-state index in [1.807, 2.05) is 13.8 Å². The molecule has 1 heterocycles. The molecule has 1 N–H and O–H groups in total. The number of hydrogen-bond donors (Lipinski definition) is 1. The maximum absolute atomic E-state index is 13.1. The molecule has 0 aromatic carbocycles. The van der Waals surface area contributed by atoms with Crippen molar-refractivity contribution in [3.05, 3.63) is 17.5 Å². The van der Waals surface area contributed by atoms with Crippen LogP contribution in [0, 0.1) is 5.92 Å². The van der Waals surface area contributed by atoms with Gasteiger partial charge in [0.15, 0.2) is 0 Å². The summed E-state index contributed by atoms with van der Waals surface area (Å²) in [5, 5.41) is 12.4. The Morgan fingerprint density at radius 1 is 1.45 bits per heavy atom. The van der Waals surface area contributed by atoms with Crippen LogP contribution in [0.4, 0.5) is 8.78 Å². The summed E-state index contributed by atoms with van der Waals surface area (Å²) in [5.74, 6) is -1.90. The first-order valence-corrected chi connectivity index (χ1v) is 6.05. The molecule has 0 aliphatic carbocycles. The van der Waals surface area contributed by atoms with Crippen molar-refractivity contribution in [1.29, 1.82) is 0 Å². The SMILES string of the molecule is CC(C)Cn1ncc(C(=O)N(C)CC(=O)O)c1C(F)F. The van der Waals surface area contributed by atoms with Gasteiger partial charge in [0.05, 0.1) is 11.8 Å². The second-order valence-corrected chi connectivity index (χ2v) is 4.88. The molecule has 0 atom stereocenters. The third-order valence-electron chi connectivity index (χ3n) is 2.57. The summed E-state index contributed by atoms with van der Waals surface area (Å²) >= 11 is 0. The molecule has 1 aromatic heterocycles. The van der Waals surface area contributed by atoms with E-state index in [1.54, 1.807) is 0 Å². The number of alkyl halides is 2. The minimum absolute atomic E-state index is 0.0899. The number of amides is 1. The number of nitrogens with zero attached hydrogens (tertiary/aromatic N) is 3. The van der Waals surface area contributed by atoms with Crippen molar-refractivity contribution in [3.63, 3.8) is 0 Å². The maximum Gasteiger partial charge on any atom is 0.323 e. The molecule has 0 saturated heterocycles. The van der Waals surface area contributed by atoms with Crippen molar-refractivity contribution in [2.24, 2.45) is 5.92 Å². The first-order chi connectivity index (χ1) is 9.23. The fourth-order valence-corrected chi connectivity index (χ4v) is 1.76. The monoisotopic (exact) mass is 289 g/mol. The smallest absolute Gasteiger partial charge is 0.323 e. The van der Waals surface area contributed by atoms with Crippen LogP contribution in [-0.4, -0.2) is 45.3 Å². The zero-order valence-corrected chi connectivity index (χ0v) is 11.5. The molecule has 0 unspecified atom stereocenters. The third-order valence-corrected chi connectivity index (χ3v) is 2.57. The van der Waals surface area contributed by atoms with E-state index in [4.69, 9.17) is 5.11 Å². The molecule has 6 nitrogen and oxygen atoms in total. The van der Waals surface area contributed by atoms with Crippen LogP contribution in [0.15, 0.2) is 6.20 Å². The van der Waals surface area contributed by atoms with Crippen molar-refractivity contribution in [2.75, 3.05) is 13.6 Å². The van der Waals surface area contributed by atoms with Gasteiger partial charge in [-0.25, -0.2) is 8.78 Å².